The molecule has 0 spiro atoms. The third-order valence-electron chi connectivity index (χ3n) is 3.34. The van der Waals surface area contributed by atoms with Crippen LogP contribution < -0.4 is 5.32 Å². The molecule has 2 atom stereocenters. The smallest absolute Gasteiger partial charge is 0.294 e. The van der Waals surface area contributed by atoms with Gasteiger partial charge >= 0.3 is 0 Å². The van der Waals surface area contributed by atoms with E-state index in [2.05, 4.69) is 5.32 Å². The van der Waals surface area contributed by atoms with E-state index in [-0.39, 0.29) is 10.8 Å². The van der Waals surface area contributed by atoms with Crippen LogP contribution in [0.4, 0.5) is 8.78 Å². The average Bonchev–Trinajstić information content (AvgIpc) is 2.69. The zero-order valence-corrected chi connectivity index (χ0v) is 11.1. The topological polar surface area (TPSA) is 66.4 Å². The van der Waals surface area contributed by atoms with E-state index in [1.165, 1.54) is 12.1 Å². The van der Waals surface area contributed by atoms with E-state index in [1.54, 1.807) is 12.1 Å². The molecule has 0 unspecified atom stereocenters. The standard InChI is InChI=1S/C7H8O3S.C5H7F2N/c1-6-2-4-7(5-3-6)11(8,9)10;6-5(7)3-1-2-8-4(3)5/h2-5H,1H3,(H,8,9,10);3-4,8H,1-2H2/t;3-,4+/m.0/s1. The molecule has 1 aliphatic heterocycles. The van der Waals surface area contributed by atoms with E-state index in [4.69, 9.17) is 4.55 Å². The van der Waals surface area contributed by atoms with E-state index in [0.29, 0.717) is 6.42 Å². The summed E-state index contributed by atoms with van der Waals surface area (Å²) in [5.74, 6) is -2.67. The Morgan fingerprint density at radius 2 is 1.89 bits per heavy atom. The summed E-state index contributed by atoms with van der Waals surface area (Å²) >= 11 is 0. The number of benzene rings is 1. The highest BCUT2D eigenvalue weighted by Gasteiger charge is 2.69. The van der Waals surface area contributed by atoms with Gasteiger partial charge in [0.1, 0.15) is 0 Å². The van der Waals surface area contributed by atoms with E-state index in [0.717, 1.165) is 12.1 Å². The van der Waals surface area contributed by atoms with Crippen LogP contribution in [0.15, 0.2) is 29.2 Å². The van der Waals surface area contributed by atoms with Crippen molar-refractivity contribution in [3.05, 3.63) is 29.8 Å². The van der Waals surface area contributed by atoms with Gasteiger partial charge in [-0.05, 0) is 32.0 Å². The first kappa shape index (κ1) is 14.4. The molecule has 106 valence electrons. The Labute approximate surface area is 110 Å². The minimum Gasteiger partial charge on any atom is -0.308 e. The fraction of sp³-hybridized carbons (Fsp3) is 0.500. The maximum atomic E-state index is 12.2. The fourth-order valence-corrected chi connectivity index (χ4v) is 2.61. The van der Waals surface area contributed by atoms with Gasteiger partial charge in [-0.1, -0.05) is 17.7 Å². The van der Waals surface area contributed by atoms with Gasteiger partial charge in [-0.3, -0.25) is 4.55 Å². The van der Waals surface area contributed by atoms with E-state index in [1.807, 2.05) is 6.92 Å². The number of hydrogen-bond acceptors (Lipinski definition) is 3. The van der Waals surface area contributed by atoms with Crippen LogP contribution in [-0.4, -0.2) is 31.5 Å². The summed E-state index contributed by atoms with van der Waals surface area (Å²) in [5, 5.41) is 2.73. The van der Waals surface area contributed by atoms with Gasteiger partial charge in [-0.15, -0.1) is 0 Å². The summed E-state index contributed by atoms with van der Waals surface area (Å²) in [6, 6.07) is 5.53. The number of alkyl halides is 2. The van der Waals surface area contributed by atoms with Gasteiger partial charge in [0.2, 0.25) is 0 Å². The van der Waals surface area contributed by atoms with Crippen molar-refractivity contribution in [2.24, 2.45) is 5.92 Å². The number of halogens is 2. The summed E-state index contributed by atoms with van der Waals surface area (Å²) in [6.45, 7) is 2.62. The number of aryl methyl sites for hydroxylation is 1. The SMILES string of the molecule is Cc1ccc(S(=O)(=O)O)cc1.FC1(F)[C@@H]2NCC[C@@H]21. The number of rotatable bonds is 1. The van der Waals surface area contributed by atoms with Crippen LogP contribution in [0.3, 0.4) is 0 Å². The Kier molecular flexibility index (Phi) is 3.63. The molecule has 0 amide bonds. The van der Waals surface area contributed by atoms with Gasteiger partial charge in [-0.2, -0.15) is 8.42 Å². The summed E-state index contributed by atoms with van der Waals surface area (Å²) in [5.41, 5.74) is 0.956. The molecule has 0 bridgehead atoms. The van der Waals surface area contributed by atoms with Gasteiger partial charge in [0.05, 0.1) is 10.9 Å². The first-order valence-electron chi connectivity index (χ1n) is 5.88. The van der Waals surface area contributed by atoms with Crippen molar-refractivity contribution in [1.29, 1.82) is 0 Å². The van der Waals surface area contributed by atoms with Crippen molar-refractivity contribution in [3.63, 3.8) is 0 Å². The van der Waals surface area contributed by atoms with E-state index in [9.17, 15) is 17.2 Å². The van der Waals surface area contributed by atoms with Gasteiger partial charge in [0, 0.05) is 5.92 Å². The zero-order chi connectivity index (χ0) is 14.3. The molecular formula is C12H15F2NO3S. The number of nitrogens with one attached hydrogen (secondary N) is 1. The molecule has 7 heteroatoms. The summed E-state index contributed by atoms with van der Waals surface area (Å²) in [6.07, 6.45) is 0.664. The minimum atomic E-state index is -4.02. The van der Waals surface area contributed by atoms with Crippen molar-refractivity contribution >= 4 is 10.1 Å². The van der Waals surface area contributed by atoms with Crippen LogP contribution in [0.5, 0.6) is 0 Å². The Hall–Kier alpha value is -1.05. The largest absolute Gasteiger partial charge is 0.308 e. The number of hydrogen-bond donors (Lipinski definition) is 2. The Morgan fingerprint density at radius 1 is 1.32 bits per heavy atom. The van der Waals surface area contributed by atoms with Crippen molar-refractivity contribution < 1.29 is 21.8 Å². The number of fused-ring (bicyclic) bond motifs is 1. The Balaban J connectivity index is 0.000000146. The molecule has 2 aliphatic rings. The first-order chi connectivity index (χ1) is 8.73. The zero-order valence-electron chi connectivity index (χ0n) is 10.3. The maximum absolute atomic E-state index is 12.2. The Morgan fingerprint density at radius 3 is 2.21 bits per heavy atom. The van der Waals surface area contributed by atoms with Crippen molar-refractivity contribution in [3.8, 4) is 0 Å². The number of piperidine rings is 1. The van der Waals surface area contributed by atoms with Gasteiger partial charge in [0.15, 0.2) is 0 Å². The van der Waals surface area contributed by atoms with Crippen molar-refractivity contribution in [2.75, 3.05) is 6.54 Å². The van der Waals surface area contributed by atoms with Crippen LogP contribution in [0, 0.1) is 12.8 Å². The molecule has 0 aromatic heterocycles. The lowest BCUT2D eigenvalue weighted by Gasteiger charge is -1.98. The maximum Gasteiger partial charge on any atom is 0.294 e. The first-order valence-corrected chi connectivity index (χ1v) is 7.32. The molecule has 1 aliphatic carbocycles. The highest BCUT2D eigenvalue weighted by Crippen LogP contribution is 2.53. The van der Waals surface area contributed by atoms with Crippen LogP contribution >= 0.6 is 0 Å². The van der Waals surface area contributed by atoms with E-state index < -0.39 is 22.1 Å². The van der Waals surface area contributed by atoms with Crippen molar-refractivity contribution in [1.82, 2.24) is 5.32 Å². The summed E-state index contributed by atoms with van der Waals surface area (Å²) in [4.78, 5) is -0.0666. The third kappa shape index (κ3) is 3.10. The molecule has 3 rings (SSSR count). The predicted molar refractivity (Wildman–Crippen MR) is 65.8 cm³/mol. The van der Waals surface area contributed by atoms with Crippen LogP contribution in [-0.2, 0) is 10.1 Å². The molecule has 1 aromatic carbocycles. The van der Waals surface area contributed by atoms with Crippen molar-refractivity contribution in [2.45, 2.75) is 30.2 Å². The molecule has 2 N–H and O–H groups in total. The van der Waals surface area contributed by atoms with Gasteiger partial charge < -0.3 is 5.32 Å². The summed E-state index contributed by atoms with van der Waals surface area (Å²) < 4.78 is 53.9. The second-order valence-corrected chi connectivity index (χ2v) is 6.21. The normalized spacial score (nSPS) is 27.2. The third-order valence-corrected chi connectivity index (χ3v) is 4.21. The lowest BCUT2D eigenvalue weighted by atomic mass is 10.2. The predicted octanol–water partition coefficient (Wildman–Crippen LogP) is 1.86. The lowest BCUT2D eigenvalue weighted by Crippen LogP contribution is -2.20. The molecule has 19 heavy (non-hydrogen) atoms. The van der Waals surface area contributed by atoms with E-state index >= 15 is 0 Å². The summed E-state index contributed by atoms with van der Waals surface area (Å²) in [7, 11) is -4.02. The van der Waals surface area contributed by atoms with Gasteiger partial charge in [0.25, 0.3) is 16.0 Å². The monoisotopic (exact) mass is 291 g/mol. The molecular weight excluding hydrogens is 276 g/mol. The minimum absolute atomic E-state index is 0.0666. The average molecular weight is 291 g/mol. The van der Waals surface area contributed by atoms with Crippen LogP contribution in [0.25, 0.3) is 0 Å². The quantitative estimate of drug-likeness (QED) is 0.775. The molecule has 2 fully saturated rings. The Bertz CT molecular complexity index is 545. The van der Waals surface area contributed by atoms with Gasteiger partial charge in [-0.25, -0.2) is 8.78 Å². The molecule has 1 aromatic rings. The highest BCUT2D eigenvalue weighted by molar-refractivity contribution is 7.85. The van der Waals surface area contributed by atoms with Crippen LogP contribution in [0.2, 0.25) is 0 Å². The second kappa shape index (κ2) is 4.81. The molecule has 1 saturated carbocycles. The highest BCUT2D eigenvalue weighted by atomic mass is 32.2. The lowest BCUT2D eigenvalue weighted by molar-refractivity contribution is 0.0805. The molecule has 1 heterocycles. The second-order valence-electron chi connectivity index (χ2n) is 4.79. The van der Waals surface area contributed by atoms with Crippen LogP contribution in [0.1, 0.15) is 12.0 Å². The molecule has 4 nitrogen and oxygen atoms in total. The molecule has 1 saturated heterocycles. The fourth-order valence-electron chi connectivity index (χ4n) is 2.13. The molecule has 0 radical (unpaired) electrons.